The summed E-state index contributed by atoms with van der Waals surface area (Å²) in [5, 5.41) is 16.5. The first-order chi connectivity index (χ1) is 15.4. The molecule has 3 N–H and O–H groups in total. The second kappa shape index (κ2) is 7.74. The van der Waals surface area contributed by atoms with Crippen LogP contribution in [0, 0.1) is 5.92 Å². The molecule has 0 spiro atoms. The molecule has 2 heterocycles. The Morgan fingerprint density at radius 3 is 2.62 bits per heavy atom. The normalized spacial score (nSPS) is 21.0. The number of rotatable bonds is 5. The van der Waals surface area contributed by atoms with Crippen molar-refractivity contribution in [2.24, 2.45) is 5.92 Å². The molecule has 7 heteroatoms. The van der Waals surface area contributed by atoms with Crippen molar-refractivity contribution >= 4 is 29.1 Å². The van der Waals surface area contributed by atoms with Gasteiger partial charge in [0.1, 0.15) is 5.60 Å². The Hall–Kier alpha value is -3.19. The van der Waals surface area contributed by atoms with Crippen LogP contribution in [0.1, 0.15) is 48.8 Å². The average Bonchev–Trinajstić information content (AvgIpc) is 3.64. The highest BCUT2D eigenvalue weighted by atomic mass is 16.3. The quantitative estimate of drug-likeness (QED) is 0.631. The van der Waals surface area contributed by atoms with Gasteiger partial charge in [-0.2, -0.15) is 0 Å². The van der Waals surface area contributed by atoms with E-state index in [1.807, 2.05) is 48.2 Å². The lowest BCUT2D eigenvalue weighted by Crippen LogP contribution is -2.45. The van der Waals surface area contributed by atoms with Gasteiger partial charge in [-0.25, -0.2) is 0 Å². The van der Waals surface area contributed by atoms with Crippen molar-refractivity contribution < 1.29 is 19.5 Å². The third-order valence-electron chi connectivity index (χ3n) is 6.93. The molecule has 1 fully saturated rings. The van der Waals surface area contributed by atoms with Crippen LogP contribution in [0.25, 0.3) is 0 Å². The summed E-state index contributed by atoms with van der Waals surface area (Å²) in [6.07, 6.45) is 3.49. The molecule has 2 aliphatic heterocycles. The van der Waals surface area contributed by atoms with Crippen LogP contribution < -0.4 is 15.5 Å². The standard InChI is InChI=1S/C25H27N3O4/c1-15-20-13-19(12-16-6-5-11-28(21(16)20)24(15)31)27-23(30)22(29)26-14-25(32,18-9-10-18)17-7-3-2-4-8-17/h2-4,7-8,12-13,15,18,32H,5-6,9-11,14H2,1H3,(H,26,29)(H,27,30)/t15-,25+/m1/s1. The van der Waals surface area contributed by atoms with E-state index < -0.39 is 17.4 Å². The van der Waals surface area contributed by atoms with Crippen LogP contribution in [0.15, 0.2) is 42.5 Å². The van der Waals surface area contributed by atoms with E-state index in [9.17, 15) is 19.5 Å². The van der Waals surface area contributed by atoms with E-state index in [1.54, 1.807) is 6.07 Å². The lowest BCUT2D eigenvalue weighted by Gasteiger charge is -2.29. The van der Waals surface area contributed by atoms with Gasteiger partial charge in [0.05, 0.1) is 18.2 Å². The SMILES string of the molecule is C[C@H]1C(=O)N2CCCc3cc(NC(=O)C(=O)NC[C@](O)(c4ccccc4)C4CC4)cc1c32. The number of nitrogens with zero attached hydrogens (tertiary/aromatic N) is 1. The van der Waals surface area contributed by atoms with E-state index in [2.05, 4.69) is 10.6 Å². The summed E-state index contributed by atoms with van der Waals surface area (Å²) < 4.78 is 0. The molecule has 3 aliphatic rings. The number of hydrogen-bond donors (Lipinski definition) is 3. The highest BCUT2D eigenvalue weighted by Crippen LogP contribution is 2.46. The first kappa shape index (κ1) is 20.7. The number of benzene rings is 2. The van der Waals surface area contributed by atoms with Gasteiger partial charge in [-0.05, 0) is 67.3 Å². The first-order valence-electron chi connectivity index (χ1n) is 11.2. The highest BCUT2D eigenvalue weighted by Gasteiger charge is 2.45. The molecule has 0 unspecified atom stereocenters. The molecular formula is C25H27N3O4. The zero-order valence-corrected chi connectivity index (χ0v) is 18.1. The fourth-order valence-corrected chi connectivity index (χ4v) is 5.02. The average molecular weight is 434 g/mol. The third kappa shape index (κ3) is 3.46. The molecule has 2 aromatic carbocycles. The van der Waals surface area contributed by atoms with Crippen molar-refractivity contribution in [2.45, 2.75) is 44.1 Å². The first-order valence-corrected chi connectivity index (χ1v) is 11.2. The van der Waals surface area contributed by atoms with Crippen molar-refractivity contribution in [3.05, 3.63) is 59.2 Å². The Morgan fingerprint density at radius 1 is 1.16 bits per heavy atom. The molecule has 1 saturated carbocycles. The van der Waals surface area contributed by atoms with Crippen molar-refractivity contribution in [3.8, 4) is 0 Å². The smallest absolute Gasteiger partial charge is 0.313 e. The van der Waals surface area contributed by atoms with Gasteiger partial charge in [-0.1, -0.05) is 30.3 Å². The second-order valence-electron chi connectivity index (χ2n) is 9.09. The van der Waals surface area contributed by atoms with Crippen LogP contribution in [-0.2, 0) is 26.4 Å². The maximum atomic E-state index is 12.6. The van der Waals surface area contributed by atoms with Crippen molar-refractivity contribution in [1.29, 1.82) is 0 Å². The van der Waals surface area contributed by atoms with Gasteiger partial charge in [-0.15, -0.1) is 0 Å². The topological polar surface area (TPSA) is 98.7 Å². The Labute approximate surface area is 186 Å². The van der Waals surface area contributed by atoms with Crippen molar-refractivity contribution in [3.63, 3.8) is 0 Å². The lowest BCUT2D eigenvalue weighted by atomic mass is 9.88. The summed E-state index contributed by atoms with van der Waals surface area (Å²) in [7, 11) is 0. The summed E-state index contributed by atoms with van der Waals surface area (Å²) in [6, 6.07) is 12.9. The minimum atomic E-state index is -1.19. The number of hydrogen-bond acceptors (Lipinski definition) is 4. The van der Waals surface area contributed by atoms with Crippen LogP contribution in [0.3, 0.4) is 0 Å². The second-order valence-corrected chi connectivity index (χ2v) is 9.09. The Balaban J connectivity index is 1.29. The largest absolute Gasteiger partial charge is 0.383 e. The minimum Gasteiger partial charge on any atom is -0.383 e. The van der Waals surface area contributed by atoms with Gasteiger partial charge in [0.2, 0.25) is 5.91 Å². The van der Waals surface area contributed by atoms with Gasteiger partial charge in [0, 0.05) is 12.2 Å². The number of carbonyl (C=O) groups is 3. The Kier molecular flexibility index (Phi) is 5.01. The fourth-order valence-electron chi connectivity index (χ4n) is 5.02. The summed E-state index contributed by atoms with van der Waals surface area (Å²) in [6.45, 7) is 2.57. The molecule has 166 valence electrons. The van der Waals surface area contributed by atoms with Crippen LogP contribution in [-0.4, -0.2) is 35.9 Å². The summed E-state index contributed by atoms with van der Waals surface area (Å²) in [5.74, 6) is -1.68. The predicted molar refractivity (Wildman–Crippen MR) is 120 cm³/mol. The maximum absolute atomic E-state index is 12.6. The molecule has 1 aliphatic carbocycles. The molecule has 3 amide bonds. The van der Waals surface area contributed by atoms with Gasteiger partial charge < -0.3 is 20.6 Å². The molecule has 0 aromatic heterocycles. The van der Waals surface area contributed by atoms with Gasteiger partial charge in [0.15, 0.2) is 0 Å². The zero-order valence-electron chi connectivity index (χ0n) is 18.1. The van der Waals surface area contributed by atoms with Gasteiger partial charge in [0.25, 0.3) is 0 Å². The van der Waals surface area contributed by atoms with Crippen LogP contribution in [0.2, 0.25) is 0 Å². The monoisotopic (exact) mass is 433 g/mol. The molecule has 0 radical (unpaired) electrons. The number of aliphatic hydroxyl groups is 1. The van der Waals surface area contributed by atoms with Gasteiger partial charge >= 0.3 is 11.8 Å². The molecule has 2 atom stereocenters. The van der Waals surface area contributed by atoms with E-state index in [4.69, 9.17) is 0 Å². The third-order valence-corrected chi connectivity index (χ3v) is 6.93. The molecule has 5 rings (SSSR count). The molecule has 0 bridgehead atoms. The lowest BCUT2D eigenvalue weighted by molar-refractivity contribution is -0.137. The van der Waals surface area contributed by atoms with E-state index in [0.29, 0.717) is 5.69 Å². The number of amides is 3. The van der Waals surface area contributed by atoms with Crippen LogP contribution in [0.4, 0.5) is 11.4 Å². The van der Waals surface area contributed by atoms with E-state index in [0.717, 1.165) is 54.6 Å². The molecule has 32 heavy (non-hydrogen) atoms. The summed E-state index contributed by atoms with van der Waals surface area (Å²) in [4.78, 5) is 39.5. The summed E-state index contributed by atoms with van der Waals surface area (Å²) in [5.41, 5.74) is 2.96. The zero-order chi connectivity index (χ0) is 22.5. The number of anilines is 2. The molecule has 7 nitrogen and oxygen atoms in total. The van der Waals surface area contributed by atoms with Crippen LogP contribution in [0.5, 0.6) is 0 Å². The molecule has 0 saturated heterocycles. The number of aryl methyl sites for hydroxylation is 1. The van der Waals surface area contributed by atoms with Gasteiger partial charge in [-0.3, -0.25) is 14.4 Å². The fraction of sp³-hybridized carbons (Fsp3) is 0.400. The molecular weight excluding hydrogens is 406 g/mol. The van der Waals surface area contributed by atoms with Crippen LogP contribution >= 0.6 is 0 Å². The number of nitrogens with one attached hydrogen (secondary N) is 2. The predicted octanol–water partition coefficient (Wildman–Crippen LogP) is 2.44. The Bertz CT molecular complexity index is 1100. The number of carbonyl (C=O) groups excluding carboxylic acids is 3. The van der Waals surface area contributed by atoms with Crippen molar-refractivity contribution in [2.75, 3.05) is 23.3 Å². The highest BCUT2D eigenvalue weighted by molar-refractivity contribution is 6.39. The Morgan fingerprint density at radius 2 is 1.91 bits per heavy atom. The van der Waals surface area contributed by atoms with E-state index in [-0.39, 0.29) is 24.3 Å². The molecule has 2 aromatic rings. The summed E-state index contributed by atoms with van der Waals surface area (Å²) >= 11 is 0. The maximum Gasteiger partial charge on any atom is 0.313 e. The van der Waals surface area contributed by atoms with E-state index >= 15 is 0 Å². The minimum absolute atomic E-state index is 0.0239. The van der Waals surface area contributed by atoms with Crippen molar-refractivity contribution in [1.82, 2.24) is 5.32 Å². The van der Waals surface area contributed by atoms with E-state index in [1.165, 1.54) is 0 Å².